The van der Waals surface area contributed by atoms with Gasteiger partial charge in [0.2, 0.25) is 5.95 Å². The number of halogens is 1. The maximum atomic E-state index is 5.39. The van der Waals surface area contributed by atoms with E-state index in [1.165, 1.54) is 0 Å². The van der Waals surface area contributed by atoms with E-state index in [4.69, 9.17) is 5.73 Å². The zero-order valence-electron chi connectivity index (χ0n) is 9.23. The van der Waals surface area contributed by atoms with Crippen molar-refractivity contribution in [2.45, 2.75) is 0 Å². The van der Waals surface area contributed by atoms with Gasteiger partial charge in [0, 0.05) is 35.5 Å². The molecule has 0 saturated carbocycles. The van der Waals surface area contributed by atoms with E-state index in [1.54, 1.807) is 12.4 Å². The Labute approximate surface area is 108 Å². The van der Waals surface area contributed by atoms with Crippen LogP contribution in [0.5, 0.6) is 0 Å². The second-order valence-corrected chi connectivity index (χ2v) is 4.43. The van der Waals surface area contributed by atoms with Gasteiger partial charge in [-0.1, -0.05) is 28.1 Å². The molecule has 0 bridgehead atoms. The summed E-state index contributed by atoms with van der Waals surface area (Å²) in [6.07, 6.45) is 3.60. The summed E-state index contributed by atoms with van der Waals surface area (Å²) in [5.74, 6) is 0.608. The summed E-state index contributed by atoms with van der Waals surface area (Å²) in [7, 11) is 0. The van der Waals surface area contributed by atoms with Crippen LogP contribution in [0.25, 0.3) is 11.1 Å². The van der Waals surface area contributed by atoms with Crippen molar-refractivity contribution < 1.29 is 0 Å². The first kappa shape index (κ1) is 12.0. The fourth-order valence-corrected chi connectivity index (χ4v) is 1.66. The number of anilines is 1. The largest absolute Gasteiger partial charge is 0.353 e. The third-order valence-electron chi connectivity index (χ3n) is 2.26. The van der Waals surface area contributed by atoms with E-state index in [0.717, 1.165) is 15.6 Å². The molecule has 1 aromatic heterocycles. The molecule has 3 N–H and O–H groups in total. The summed E-state index contributed by atoms with van der Waals surface area (Å²) < 4.78 is 1.06. The molecule has 5 heteroatoms. The SMILES string of the molecule is NCCNc1ncc(-c2ccc(Br)cc2)cn1. The van der Waals surface area contributed by atoms with Crippen LogP contribution in [0.1, 0.15) is 0 Å². The molecular formula is C12H13BrN4. The van der Waals surface area contributed by atoms with E-state index in [9.17, 15) is 0 Å². The molecule has 0 aliphatic rings. The minimum Gasteiger partial charge on any atom is -0.353 e. The minimum atomic E-state index is 0.567. The van der Waals surface area contributed by atoms with Gasteiger partial charge in [-0.2, -0.15) is 0 Å². The Hall–Kier alpha value is -1.46. The number of nitrogens with zero attached hydrogens (tertiary/aromatic N) is 2. The van der Waals surface area contributed by atoms with Gasteiger partial charge in [0.25, 0.3) is 0 Å². The molecule has 0 amide bonds. The number of aromatic nitrogens is 2. The lowest BCUT2D eigenvalue weighted by Gasteiger charge is -2.04. The van der Waals surface area contributed by atoms with Crippen LogP contribution in [0.4, 0.5) is 5.95 Å². The van der Waals surface area contributed by atoms with Crippen LogP contribution >= 0.6 is 15.9 Å². The van der Waals surface area contributed by atoms with Crippen LogP contribution in [0.2, 0.25) is 0 Å². The highest BCUT2D eigenvalue weighted by molar-refractivity contribution is 9.10. The first-order chi connectivity index (χ1) is 8.29. The molecule has 0 aliphatic heterocycles. The second-order valence-electron chi connectivity index (χ2n) is 3.52. The first-order valence-corrected chi connectivity index (χ1v) is 6.11. The Kier molecular flexibility index (Phi) is 4.06. The Morgan fingerprint density at radius 1 is 1.06 bits per heavy atom. The van der Waals surface area contributed by atoms with Crippen LogP contribution in [0.15, 0.2) is 41.1 Å². The average Bonchev–Trinajstić information content (AvgIpc) is 2.38. The van der Waals surface area contributed by atoms with Crippen molar-refractivity contribution in [3.63, 3.8) is 0 Å². The van der Waals surface area contributed by atoms with Crippen molar-refractivity contribution in [1.29, 1.82) is 0 Å². The van der Waals surface area contributed by atoms with E-state index in [0.29, 0.717) is 19.0 Å². The van der Waals surface area contributed by atoms with Gasteiger partial charge in [0.05, 0.1) is 0 Å². The lowest BCUT2D eigenvalue weighted by molar-refractivity contribution is 0.990. The molecule has 0 fully saturated rings. The van der Waals surface area contributed by atoms with E-state index >= 15 is 0 Å². The molecule has 0 spiro atoms. The van der Waals surface area contributed by atoms with Crippen molar-refractivity contribution in [2.75, 3.05) is 18.4 Å². The summed E-state index contributed by atoms with van der Waals surface area (Å²) >= 11 is 3.40. The summed E-state index contributed by atoms with van der Waals surface area (Å²) in [6.45, 7) is 1.25. The zero-order chi connectivity index (χ0) is 12.1. The average molecular weight is 293 g/mol. The van der Waals surface area contributed by atoms with Crippen molar-refractivity contribution in [1.82, 2.24) is 9.97 Å². The number of rotatable bonds is 4. The van der Waals surface area contributed by atoms with Crippen molar-refractivity contribution in [3.05, 3.63) is 41.1 Å². The predicted octanol–water partition coefficient (Wildman–Crippen LogP) is 2.28. The molecule has 0 atom stereocenters. The Bertz CT molecular complexity index is 467. The van der Waals surface area contributed by atoms with Crippen LogP contribution < -0.4 is 11.1 Å². The van der Waals surface area contributed by atoms with Crippen molar-refractivity contribution in [3.8, 4) is 11.1 Å². The Morgan fingerprint density at radius 3 is 2.29 bits per heavy atom. The first-order valence-electron chi connectivity index (χ1n) is 5.31. The predicted molar refractivity (Wildman–Crippen MR) is 72.7 cm³/mol. The lowest BCUT2D eigenvalue weighted by Crippen LogP contribution is -2.14. The third-order valence-corrected chi connectivity index (χ3v) is 2.79. The van der Waals surface area contributed by atoms with Gasteiger partial charge in [0.15, 0.2) is 0 Å². The highest BCUT2D eigenvalue weighted by Gasteiger charge is 1.99. The van der Waals surface area contributed by atoms with E-state index in [2.05, 4.69) is 31.2 Å². The molecule has 0 unspecified atom stereocenters. The molecule has 2 rings (SSSR count). The van der Waals surface area contributed by atoms with Crippen LogP contribution in [0, 0.1) is 0 Å². The molecular weight excluding hydrogens is 280 g/mol. The van der Waals surface area contributed by atoms with Gasteiger partial charge in [-0.3, -0.25) is 0 Å². The van der Waals surface area contributed by atoms with Crippen LogP contribution in [-0.2, 0) is 0 Å². The quantitative estimate of drug-likeness (QED) is 0.907. The number of nitrogens with two attached hydrogens (primary N) is 1. The topological polar surface area (TPSA) is 63.8 Å². The third kappa shape index (κ3) is 3.25. The van der Waals surface area contributed by atoms with Crippen LogP contribution in [0.3, 0.4) is 0 Å². The molecule has 1 aromatic carbocycles. The smallest absolute Gasteiger partial charge is 0.222 e. The summed E-state index contributed by atoms with van der Waals surface area (Å²) in [5, 5.41) is 3.03. The number of nitrogens with one attached hydrogen (secondary N) is 1. The Balaban J connectivity index is 2.14. The molecule has 4 nitrogen and oxygen atoms in total. The molecule has 1 heterocycles. The van der Waals surface area contributed by atoms with Gasteiger partial charge in [0.1, 0.15) is 0 Å². The second kappa shape index (κ2) is 5.75. The fraction of sp³-hybridized carbons (Fsp3) is 0.167. The maximum absolute atomic E-state index is 5.39. The minimum absolute atomic E-state index is 0.567. The number of hydrogen-bond acceptors (Lipinski definition) is 4. The summed E-state index contributed by atoms with van der Waals surface area (Å²) in [4.78, 5) is 8.45. The Morgan fingerprint density at radius 2 is 1.71 bits per heavy atom. The molecule has 17 heavy (non-hydrogen) atoms. The monoisotopic (exact) mass is 292 g/mol. The number of hydrogen-bond donors (Lipinski definition) is 2. The van der Waals surface area contributed by atoms with E-state index in [-0.39, 0.29) is 0 Å². The molecule has 88 valence electrons. The molecule has 0 aliphatic carbocycles. The van der Waals surface area contributed by atoms with Crippen molar-refractivity contribution >= 4 is 21.9 Å². The normalized spacial score (nSPS) is 10.2. The number of benzene rings is 1. The van der Waals surface area contributed by atoms with Gasteiger partial charge in [-0.05, 0) is 17.7 Å². The van der Waals surface area contributed by atoms with E-state index in [1.807, 2.05) is 24.3 Å². The molecule has 2 aromatic rings. The maximum Gasteiger partial charge on any atom is 0.222 e. The zero-order valence-corrected chi connectivity index (χ0v) is 10.8. The van der Waals surface area contributed by atoms with E-state index < -0.39 is 0 Å². The molecule has 0 radical (unpaired) electrons. The highest BCUT2D eigenvalue weighted by atomic mass is 79.9. The van der Waals surface area contributed by atoms with Crippen molar-refractivity contribution in [2.24, 2.45) is 5.73 Å². The van der Waals surface area contributed by atoms with Gasteiger partial charge >= 0.3 is 0 Å². The summed E-state index contributed by atoms with van der Waals surface area (Å²) in [5.41, 5.74) is 7.48. The van der Waals surface area contributed by atoms with Gasteiger partial charge in [-0.15, -0.1) is 0 Å². The lowest BCUT2D eigenvalue weighted by atomic mass is 10.1. The fourth-order valence-electron chi connectivity index (χ4n) is 1.39. The van der Waals surface area contributed by atoms with Gasteiger partial charge in [-0.25, -0.2) is 9.97 Å². The van der Waals surface area contributed by atoms with Gasteiger partial charge < -0.3 is 11.1 Å². The molecule has 0 saturated heterocycles. The standard InChI is InChI=1S/C12H13BrN4/c13-11-3-1-9(2-4-11)10-7-16-12(17-8-10)15-6-5-14/h1-4,7-8H,5-6,14H2,(H,15,16,17). The summed E-state index contributed by atoms with van der Waals surface area (Å²) in [6, 6.07) is 8.04. The van der Waals surface area contributed by atoms with Crippen LogP contribution in [-0.4, -0.2) is 23.1 Å². The highest BCUT2D eigenvalue weighted by Crippen LogP contribution is 2.20.